The average Bonchev–Trinajstić information content (AvgIpc) is 2.96. The molecule has 1 N–H and O–H groups in total. The van der Waals surface area contributed by atoms with Crippen LogP contribution in [0.25, 0.3) is 5.76 Å². The first-order chi connectivity index (χ1) is 13.8. The molecule has 1 heterocycles. The van der Waals surface area contributed by atoms with E-state index in [4.69, 9.17) is 16.3 Å². The minimum atomic E-state index is -1.36. The number of methoxy groups -OCH3 is 1. The molecule has 150 valence electrons. The van der Waals surface area contributed by atoms with Crippen LogP contribution in [0.15, 0.2) is 54.1 Å². The van der Waals surface area contributed by atoms with Crippen LogP contribution < -0.4 is 9.84 Å². The summed E-state index contributed by atoms with van der Waals surface area (Å²) in [6, 6.07) is 11.8. The molecule has 0 radical (unpaired) electrons. The Balaban J connectivity index is 2.20. The Bertz CT molecular complexity index is 998. The van der Waals surface area contributed by atoms with Gasteiger partial charge in [0.1, 0.15) is 11.5 Å². The highest BCUT2D eigenvalue weighted by molar-refractivity contribution is 6.46. The number of Topliss-reactive ketones (excluding diaryl/α,β-unsaturated/α-hetero) is 1. The number of ketones is 1. The summed E-state index contributed by atoms with van der Waals surface area (Å²) in [6.45, 7) is -0.257. The quantitative estimate of drug-likeness (QED) is 0.439. The molecule has 0 saturated carbocycles. The van der Waals surface area contributed by atoms with Crippen molar-refractivity contribution in [3.05, 3.63) is 70.3 Å². The molecule has 7 nitrogen and oxygen atoms in total. The smallest absolute Gasteiger partial charge is 0.295 e. The molecule has 1 aliphatic rings. The highest BCUT2D eigenvalue weighted by Gasteiger charge is 2.46. The lowest BCUT2D eigenvalue weighted by molar-refractivity contribution is -0.305. The minimum absolute atomic E-state index is 0.153. The molecule has 1 atom stereocenters. The van der Waals surface area contributed by atoms with E-state index < -0.39 is 30.1 Å². The number of hydrogen-bond donors (Lipinski definition) is 1. The molecule has 0 spiro atoms. The molecule has 0 unspecified atom stereocenters. The van der Waals surface area contributed by atoms with E-state index in [1.807, 2.05) is 0 Å². The lowest BCUT2D eigenvalue weighted by Gasteiger charge is -2.26. The molecule has 1 saturated heterocycles. The van der Waals surface area contributed by atoms with Crippen molar-refractivity contribution >= 4 is 35.0 Å². The van der Waals surface area contributed by atoms with Gasteiger partial charge < -0.3 is 24.6 Å². The molecule has 2 aromatic rings. The summed E-state index contributed by atoms with van der Waals surface area (Å²) in [5.41, 5.74) is 0.593. The predicted octanol–water partition coefficient (Wildman–Crippen LogP) is 1.91. The van der Waals surface area contributed by atoms with Crippen LogP contribution in [0, 0.1) is 0 Å². The van der Waals surface area contributed by atoms with Gasteiger partial charge >= 0.3 is 0 Å². The molecule has 8 heteroatoms. The van der Waals surface area contributed by atoms with Crippen LogP contribution in [-0.4, -0.2) is 41.3 Å². The fourth-order valence-electron chi connectivity index (χ4n) is 3.30. The van der Waals surface area contributed by atoms with Crippen LogP contribution in [0.5, 0.6) is 5.75 Å². The van der Waals surface area contributed by atoms with Crippen molar-refractivity contribution in [1.29, 1.82) is 0 Å². The second-order valence-corrected chi connectivity index (χ2v) is 6.80. The number of ether oxygens (including phenoxy) is 1. The van der Waals surface area contributed by atoms with Gasteiger partial charge in [-0.1, -0.05) is 29.8 Å². The summed E-state index contributed by atoms with van der Waals surface area (Å²) in [5, 5.41) is 22.2. The number of likely N-dealkylation sites (tertiary alicyclic amines) is 1. The van der Waals surface area contributed by atoms with Gasteiger partial charge in [-0.15, -0.1) is 0 Å². The number of carboxylic acid groups (broad SMARTS) is 1. The number of hydrogen-bond acceptors (Lipinski definition) is 6. The third-order valence-electron chi connectivity index (χ3n) is 4.65. The van der Waals surface area contributed by atoms with Crippen LogP contribution in [0.1, 0.15) is 23.6 Å². The van der Waals surface area contributed by atoms with Gasteiger partial charge in [0, 0.05) is 35.1 Å². The third-order valence-corrected chi connectivity index (χ3v) is 4.90. The first kappa shape index (κ1) is 20.4. The van der Waals surface area contributed by atoms with Crippen molar-refractivity contribution in [3.8, 4) is 5.75 Å². The first-order valence-corrected chi connectivity index (χ1v) is 9.10. The minimum Gasteiger partial charge on any atom is -0.550 e. The molecule has 3 rings (SSSR count). The first-order valence-electron chi connectivity index (χ1n) is 8.72. The highest BCUT2D eigenvalue weighted by Crippen LogP contribution is 2.42. The molecule has 0 bridgehead atoms. The van der Waals surface area contributed by atoms with Crippen molar-refractivity contribution < 1.29 is 29.3 Å². The Morgan fingerprint density at radius 1 is 1.17 bits per heavy atom. The third kappa shape index (κ3) is 3.95. The number of aliphatic hydroxyl groups excluding tert-OH is 1. The van der Waals surface area contributed by atoms with Crippen LogP contribution >= 0.6 is 11.6 Å². The Hall–Kier alpha value is -3.32. The topological polar surface area (TPSA) is 107 Å². The van der Waals surface area contributed by atoms with Crippen molar-refractivity contribution in [1.82, 2.24) is 4.90 Å². The molecular formula is C21H17ClNO6-. The van der Waals surface area contributed by atoms with Gasteiger partial charge in [0.15, 0.2) is 0 Å². The number of aliphatic carboxylic acids is 1. The molecule has 2 aromatic carbocycles. The zero-order valence-electron chi connectivity index (χ0n) is 15.4. The molecule has 1 aliphatic heterocycles. The van der Waals surface area contributed by atoms with Crippen LogP contribution in [0.3, 0.4) is 0 Å². The molecule has 1 amide bonds. The summed E-state index contributed by atoms with van der Waals surface area (Å²) < 4.78 is 5.35. The van der Waals surface area contributed by atoms with E-state index in [0.717, 1.165) is 4.90 Å². The summed E-state index contributed by atoms with van der Waals surface area (Å²) in [5.74, 6) is -3.17. The standard InChI is InChI=1S/C21H18ClNO6/c1-29-15-5-3-2-4-14(15)18-17(19(26)12-6-8-13(22)9-7-12)20(27)21(28)23(18)11-10-16(24)25/h2-9,18,26H,10-11H2,1H3,(H,24,25)/p-1/t18-/m0/s1. The normalized spacial score (nSPS) is 18.1. The summed E-state index contributed by atoms with van der Waals surface area (Å²) >= 11 is 5.88. The number of benzene rings is 2. The van der Waals surface area contributed by atoms with Crippen LogP contribution in [-0.2, 0) is 14.4 Å². The number of aliphatic hydroxyl groups is 1. The van der Waals surface area contributed by atoms with E-state index in [-0.39, 0.29) is 17.9 Å². The van der Waals surface area contributed by atoms with Crippen molar-refractivity contribution in [2.75, 3.05) is 13.7 Å². The second-order valence-electron chi connectivity index (χ2n) is 6.36. The van der Waals surface area contributed by atoms with Crippen LogP contribution in [0.4, 0.5) is 0 Å². The summed E-state index contributed by atoms with van der Waals surface area (Å²) in [4.78, 5) is 37.5. The Morgan fingerprint density at radius 2 is 1.83 bits per heavy atom. The number of amides is 1. The largest absolute Gasteiger partial charge is 0.550 e. The van der Waals surface area contributed by atoms with Gasteiger partial charge in [-0.2, -0.15) is 0 Å². The van der Waals surface area contributed by atoms with E-state index in [2.05, 4.69) is 0 Å². The lowest BCUT2D eigenvalue weighted by atomic mass is 9.94. The fraction of sp³-hybridized carbons (Fsp3) is 0.190. The average molecular weight is 415 g/mol. The maximum absolute atomic E-state index is 12.8. The number of nitrogens with zero attached hydrogens (tertiary/aromatic N) is 1. The molecule has 1 fully saturated rings. The maximum Gasteiger partial charge on any atom is 0.295 e. The van der Waals surface area contributed by atoms with Gasteiger partial charge in [-0.05, 0) is 30.3 Å². The summed E-state index contributed by atoms with van der Waals surface area (Å²) in [7, 11) is 1.44. The fourth-order valence-corrected chi connectivity index (χ4v) is 3.43. The SMILES string of the molecule is COc1ccccc1[C@H]1C(=C(O)c2ccc(Cl)cc2)C(=O)C(=O)N1CCC(=O)[O-]. The maximum atomic E-state index is 12.8. The van der Waals surface area contributed by atoms with Crippen LogP contribution in [0.2, 0.25) is 5.02 Å². The van der Waals surface area contributed by atoms with Crippen molar-refractivity contribution in [2.45, 2.75) is 12.5 Å². The Labute approximate surface area is 171 Å². The van der Waals surface area contributed by atoms with E-state index in [0.29, 0.717) is 21.9 Å². The second kappa shape index (κ2) is 8.36. The van der Waals surface area contributed by atoms with E-state index in [1.165, 1.54) is 19.2 Å². The van der Waals surface area contributed by atoms with E-state index >= 15 is 0 Å². The predicted molar refractivity (Wildman–Crippen MR) is 103 cm³/mol. The number of carbonyl (C=O) groups is 3. The number of carbonyl (C=O) groups excluding carboxylic acids is 3. The van der Waals surface area contributed by atoms with Crippen molar-refractivity contribution in [3.63, 3.8) is 0 Å². The van der Waals surface area contributed by atoms with Gasteiger partial charge in [0.2, 0.25) is 0 Å². The summed E-state index contributed by atoms with van der Waals surface area (Å²) in [6.07, 6.45) is -0.459. The Morgan fingerprint density at radius 3 is 2.45 bits per heavy atom. The zero-order valence-corrected chi connectivity index (χ0v) is 16.2. The zero-order chi connectivity index (χ0) is 21.1. The van der Waals surface area contributed by atoms with Gasteiger partial charge in [0.25, 0.3) is 11.7 Å². The highest BCUT2D eigenvalue weighted by atomic mass is 35.5. The molecule has 0 aromatic heterocycles. The molecule has 29 heavy (non-hydrogen) atoms. The van der Waals surface area contributed by atoms with Gasteiger partial charge in [-0.3, -0.25) is 9.59 Å². The van der Waals surface area contributed by atoms with E-state index in [1.54, 1.807) is 36.4 Å². The number of rotatable bonds is 6. The lowest BCUT2D eigenvalue weighted by Crippen LogP contribution is -2.34. The molecular weight excluding hydrogens is 398 g/mol. The van der Waals surface area contributed by atoms with Gasteiger partial charge in [0.05, 0.1) is 18.7 Å². The molecule has 0 aliphatic carbocycles. The van der Waals surface area contributed by atoms with E-state index in [9.17, 15) is 24.6 Å². The van der Waals surface area contributed by atoms with Gasteiger partial charge in [-0.25, -0.2) is 0 Å². The number of halogens is 1. The monoisotopic (exact) mass is 414 g/mol. The number of para-hydroxylation sites is 1. The van der Waals surface area contributed by atoms with Crippen molar-refractivity contribution in [2.24, 2.45) is 0 Å². The number of carboxylic acids is 1. The Kier molecular flexibility index (Phi) is 5.89.